The molecule has 0 unspecified atom stereocenters. The lowest BCUT2D eigenvalue weighted by molar-refractivity contribution is -0.180. The minimum Gasteiger partial charge on any atom is -0.387 e. The number of nitrogens with two attached hydrogens (primary N) is 2. The molecule has 0 saturated carbocycles. The maximum absolute atomic E-state index is 13.1. The Labute approximate surface area is 205 Å². The lowest BCUT2D eigenvalue weighted by Gasteiger charge is -2.37. The van der Waals surface area contributed by atoms with Gasteiger partial charge < -0.3 is 11.5 Å². The number of aliphatic imine (C=N–C) groups is 1. The zero-order chi connectivity index (χ0) is 24.1. The predicted octanol–water partition coefficient (Wildman–Crippen LogP) is 3.61. The lowest BCUT2D eigenvalue weighted by Crippen LogP contribution is -2.45. The second-order valence-corrected chi connectivity index (χ2v) is 9.67. The van der Waals surface area contributed by atoms with Crippen LogP contribution in [-0.2, 0) is 9.63 Å². The van der Waals surface area contributed by atoms with E-state index in [-0.39, 0.29) is 12.3 Å². The highest BCUT2D eigenvalue weighted by molar-refractivity contribution is 7.97. The van der Waals surface area contributed by atoms with Gasteiger partial charge in [0.15, 0.2) is 0 Å². The number of hydroxylamine groups is 2. The fourth-order valence-electron chi connectivity index (χ4n) is 3.97. The molecule has 8 nitrogen and oxygen atoms in total. The van der Waals surface area contributed by atoms with Crippen molar-refractivity contribution in [3.63, 3.8) is 0 Å². The Morgan fingerprint density at radius 1 is 1.24 bits per heavy atom. The molecule has 0 aliphatic carbocycles. The van der Waals surface area contributed by atoms with E-state index in [2.05, 4.69) is 20.3 Å². The molecule has 2 aliphatic rings. The number of nitrogens with zero attached hydrogens (tertiary/aromatic N) is 4. The first kappa shape index (κ1) is 24.4. The maximum atomic E-state index is 13.1. The zero-order valence-corrected chi connectivity index (χ0v) is 20.6. The molecule has 0 atom stereocenters. The minimum absolute atomic E-state index is 0.171. The molecule has 1 aromatic carbocycles. The summed E-state index contributed by atoms with van der Waals surface area (Å²) in [5.74, 6) is 0.817. The minimum atomic E-state index is -0.171. The summed E-state index contributed by atoms with van der Waals surface area (Å²) in [6.45, 7) is 7.58. The molecule has 1 amide bonds. The molecule has 0 spiro atoms. The predicted molar refractivity (Wildman–Crippen MR) is 137 cm³/mol. The number of amides is 1. The molecule has 0 radical (unpaired) electrons. The van der Waals surface area contributed by atoms with Crippen LogP contribution in [0.1, 0.15) is 32.3 Å². The summed E-state index contributed by atoms with van der Waals surface area (Å²) in [7, 11) is 0. The summed E-state index contributed by atoms with van der Waals surface area (Å²) < 4.78 is 2.30. The average molecular weight is 481 g/mol. The second-order valence-electron chi connectivity index (χ2n) is 8.50. The maximum Gasteiger partial charge on any atom is 0.273 e. The number of carbonyl (C=O) groups is 1. The van der Waals surface area contributed by atoms with E-state index in [1.807, 2.05) is 50.5 Å². The number of benzene rings is 1. The van der Waals surface area contributed by atoms with Crippen LogP contribution in [0.2, 0.25) is 0 Å². The monoisotopic (exact) mass is 480 g/mol. The van der Waals surface area contributed by atoms with Crippen molar-refractivity contribution in [3.8, 4) is 11.1 Å². The summed E-state index contributed by atoms with van der Waals surface area (Å²) in [4.78, 5) is 28.7. The van der Waals surface area contributed by atoms with Gasteiger partial charge in [0.25, 0.3) is 5.91 Å². The van der Waals surface area contributed by atoms with E-state index >= 15 is 0 Å². The second kappa shape index (κ2) is 11.1. The number of aromatic nitrogens is 1. The Morgan fingerprint density at radius 3 is 2.79 bits per heavy atom. The fourth-order valence-corrected chi connectivity index (χ4v) is 5.13. The summed E-state index contributed by atoms with van der Waals surface area (Å²) in [5.41, 5.74) is 16.1. The van der Waals surface area contributed by atoms with Crippen LogP contribution in [0.5, 0.6) is 0 Å². The molecule has 1 saturated heterocycles. The molecule has 180 valence electrons. The first-order valence-electron chi connectivity index (χ1n) is 11.7. The number of hydrogen-bond acceptors (Lipinski definition) is 8. The van der Waals surface area contributed by atoms with E-state index in [4.69, 9.17) is 16.3 Å². The van der Waals surface area contributed by atoms with Gasteiger partial charge in [-0.25, -0.2) is 14.4 Å². The molecule has 0 bridgehead atoms. The van der Waals surface area contributed by atoms with Crippen LogP contribution < -0.4 is 11.5 Å². The quantitative estimate of drug-likeness (QED) is 0.417. The fraction of sp³-hybridized carbons (Fsp3) is 0.400. The molecule has 2 aromatic rings. The molecular weight excluding hydrogens is 448 g/mol. The van der Waals surface area contributed by atoms with E-state index in [9.17, 15) is 4.79 Å². The summed E-state index contributed by atoms with van der Waals surface area (Å²) in [6.07, 6.45) is 6.69. The Bertz CT molecular complexity index is 1090. The molecule has 1 aromatic heterocycles. The molecule has 1 fully saturated rings. The number of hydrogen-bond donors (Lipinski definition) is 2. The summed E-state index contributed by atoms with van der Waals surface area (Å²) in [5, 5.41) is 1.42. The van der Waals surface area contributed by atoms with Gasteiger partial charge in [-0.15, -0.1) is 0 Å². The van der Waals surface area contributed by atoms with Crippen LogP contribution in [0.25, 0.3) is 17.2 Å². The third kappa shape index (κ3) is 5.67. The Morgan fingerprint density at radius 2 is 2.06 bits per heavy atom. The van der Waals surface area contributed by atoms with Crippen LogP contribution in [0.3, 0.4) is 0 Å². The molecule has 3 heterocycles. The van der Waals surface area contributed by atoms with Crippen molar-refractivity contribution >= 4 is 35.5 Å². The van der Waals surface area contributed by atoms with Crippen molar-refractivity contribution in [1.82, 2.24) is 14.4 Å². The molecule has 4 N–H and O–H groups in total. The van der Waals surface area contributed by atoms with Crippen molar-refractivity contribution in [2.75, 3.05) is 32.8 Å². The molecular formula is C25H32N6O2S. The summed E-state index contributed by atoms with van der Waals surface area (Å²) in [6, 6.07) is 8.14. The zero-order valence-electron chi connectivity index (χ0n) is 19.7. The lowest BCUT2D eigenvalue weighted by atomic mass is 10.0. The smallest absolute Gasteiger partial charge is 0.273 e. The standard InChI is InChI=1S/C25H32N6O2S/c1-3-7-31(33-4-2)25(32)20-8-19-6-5-18(10-23(19)29-24(27)11-20)21-9-22(14-28-13-21)34-30-15-17(12-26)16-30/h5-6,8-10,13-14,17H,3-4,7,11-12,15-16,26H2,1-2H3,(H2,27,29). The highest BCUT2D eigenvalue weighted by atomic mass is 32.2. The Kier molecular flexibility index (Phi) is 7.99. The van der Waals surface area contributed by atoms with Crippen molar-refractivity contribution in [1.29, 1.82) is 0 Å². The van der Waals surface area contributed by atoms with Crippen LogP contribution >= 0.6 is 11.9 Å². The van der Waals surface area contributed by atoms with Gasteiger partial charge >= 0.3 is 0 Å². The number of amidine groups is 1. The Hall–Kier alpha value is -2.72. The van der Waals surface area contributed by atoms with Crippen molar-refractivity contribution in [3.05, 3.63) is 47.8 Å². The topological polar surface area (TPSA) is 110 Å². The first-order valence-corrected chi connectivity index (χ1v) is 12.5. The molecule has 9 heteroatoms. The SMILES string of the molecule is CCCN(OCC)C(=O)C1=Cc2ccc(-c3cncc(SN4CC(CN)C4)c3)cc2N=C(N)C1. The van der Waals surface area contributed by atoms with Crippen LogP contribution in [-0.4, -0.2) is 58.9 Å². The highest BCUT2D eigenvalue weighted by Crippen LogP contribution is 2.35. The van der Waals surface area contributed by atoms with Gasteiger partial charge in [-0.1, -0.05) is 19.1 Å². The van der Waals surface area contributed by atoms with E-state index in [0.717, 1.165) is 53.3 Å². The van der Waals surface area contributed by atoms with Gasteiger partial charge in [0.05, 0.1) is 12.3 Å². The molecule has 34 heavy (non-hydrogen) atoms. The van der Waals surface area contributed by atoms with Crippen LogP contribution in [0, 0.1) is 5.92 Å². The normalized spacial score (nSPS) is 16.2. The third-order valence-electron chi connectivity index (χ3n) is 5.75. The summed E-state index contributed by atoms with van der Waals surface area (Å²) >= 11 is 1.71. The van der Waals surface area contributed by atoms with Crippen molar-refractivity contribution in [2.45, 2.75) is 31.6 Å². The highest BCUT2D eigenvalue weighted by Gasteiger charge is 2.26. The van der Waals surface area contributed by atoms with E-state index in [1.54, 1.807) is 11.9 Å². The van der Waals surface area contributed by atoms with Gasteiger partial charge in [0.1, 0.15) is 5.84 Å². The van der Waals surface area contributed by atoms with Gasteiger partial charge in [-0.2, -0.15) is 0 Å². The van der Waals surface area contributed by atoms with Gasteiger partial charge in [-0.05, 0) is 61.5 Å². The van der Waals surface area contributed by atoms with E-state index in [0.29, 0.717) is 30.5 Å². The van der Waals surface area contributed by atoms with Gasteiger partial charge in [0, 0.05) is 60.0 Å². The van der Waals surface area contributed by atoms with Gasteiger partial charge in [0.2, 0.25) is 0 Å². The Balaban J connectivity index is 1.57. The average Bonchev–Trinajstić information content (AvgIpc) is 2.98. The molecule has 2 aliphatic heterocycles. The first-order chi connectivity index (χ1) is 16.5. The van der Waals surface area contributed by atoms with Crippen LogP contribution in [0.4, 0.5) is 5.69 Å². The third-order valence-corrected chi connectivity index (χ3v) is 6.74. The number of carbonyl (C=O) groups excluding carboxylic acids is 1. The number of pyridine rings is 1. The number of rotatable bonds is 9. The molecule has 4 rings (SSSR count). The van der Waals surface area contributed by atoms with E-state index in [1.165, 1.54) is 5.06 Å². The number of fused-ring (bicyclic) bond motifs is 1. The largest absolute Gasteiger partial charge is 0.387 e. The van der Waals surface area contributed by atoms with Crippen molar-refractivity contribution < 1.29 is 9.63 Å². The van der Waals surface area contributed by atoms with Crippen LogP contribution in [0.15, 0.2) is 52.1 Å². The van der Waals surface area contributed by atoms with Gasteiger partial charge in [-0.3, -0.25) is 14.6 Å². The van der Waals surface area contributed by atoms with Crippen molar-refractivity contribution in [2.24, 2.45) is 22.4 Å². The van der Waals surface area contributed by atoms with E-state index < -0.39 is 0 Å².